The second-order valence-corrected chi connectivity index (χ2v) is 7.49. The van der Waals surface area contributed by atoms with E-state index < -0.39 is 0 Å². The van der Waals surface area contributed by atoms with E-state index in [0.29, 0.717) is 0 Å². The van der Waals surface area contributed by atoms with Crippen LogP contribution in [0, 0.1) is 19.8 Å². The van der Waals surface area contributed by atoms with Crippen molar-refractivity contribution in [2.75, 3.05) is 46.3 Å². The number of hydrogen-bond acceptors (Lipinski definition) is 4. The van der Waals surface area contributed by atoms with Crippen molar-refractivity contribution in [2.45, 2.75) is 46.0 Å². The molecule has 0 radical (unpaired) electrons. The number of likely N-dealkylation sites (tertiary alicyclic amines) is 2. The number of nitrogens with one attached hydrogen (secondary N) is 1. The monoisotopic (exact) mass is 347 g/mol. The van der Waals surface area contributed by atoms with Crippen molar-refractivity contribution in [3.63, 3.8) is 0 Å². The van der Waals surface area contributed by atoms with Crippen molar-refractivity contribution < 1.29 is 4.52 Å². The minimum absolute atomic E-state index is 0.777. The number of aryl methyl sites for hydroxylation is 2. The highest BCUT2D eigenvalue weighted by atomic mass is 16.5. The maximum absolute atomic E-state index is 5.24. The zero-order valence-electron chi connectivity index (χ0n) is 16.1. The Balaban J connectivity index is 1.44. The van der Waals surface area contributed by atoms with Crippen LogP contribution in [0.5, 0.6) is 0 Å². The second-order valence-electron chi connectivity index (χ2n) is 7.49. The lowest BCUT2D eigenvalue weighted by molar-refractivity contribution is 0.198. The van der Waals surface area contributed by atoms with Crippen molar-refractivity contribution in [1.29, 1.82) is 0 Å². The molecule has 140 valence electrons. The smallest absolute Gasteiger partial charge is 0.193 e. The van der Waals surface area contributed by atoms with Gasteiger partial charge in [-0.2, -0.15) is 0 Å². The Morgan fingerprint density at radius 3 is 2.72 bits per heavy atom. The fraction of sp³-hybridized carbons (Fsp3) is 0.789. The lowest BCUT2D eigenvalue weighted by Gasteiger charge is -2.29. The first-order valence-corrected chi connectivity index (χ1v) is 9.77. The van der Waals surface area contributed by atoms with Gasteiger partial charge in [0.25, 0.3) is 0 Å². The molecular formula is C19H33N5O. The first-order chi connectivity index (χ1) is 12.2. The molecule has 6 nitrogen and oxygen atoms in total. The Morgan fingerprint density at radius 2 is 2.04 bits per heavy atom. The van der Waals surface area contributed by atoms with Gasteiger partial charge in [-0.05, 0) is 58.5 Å². The number of piperidine rings is 1. The summed E-state index contributed by atoms with van der Waals surface area (Å²) in [5.41, 5.74) is 2.21. The minimum Gasteiger partial charge on any atom is -0.361 e. The quantitative estimate of drug-likeness (QED) is 0.654. The Hall–Kier alpha value is -1.56. The third-order valence-electron chi connectivity index (χ3n) is 5.60. The lowest BCUT2D eigenvalue weighted by Crippen LogP contribution is -2.42. The van der Waals surface area contributed by atoms with Crippen LogP contribution in [0.2, 0.25) is 0 Å². The number of aliphatic imine (C=N–C) groups is 1. The summed E-state index contributed by atoms with van der Waals surface area (Å²) in [4.78, 5) is 9.57. The predicted molar refractivity (Wildman–Crippen MR) is 101 cm³/mol. The summed E-state index contributed by atoms with van der Waals surface area (Å²) in [7, 11) is 1.89. The SMILES string of the molecule is CN=C(NCCc1c(C)noc1C)N1CCC(CN2CCCCC2)C1. The average molecular weight is 348 g/mol. The number of guanidine groups is 1. The molecule has 3 rings (SSSR count). The summed E-state index contributed by atoms with van der Waals surface area (Å²) in [5.74, 6) is 2.74. The molecule has 2 aliphatic rings. The maximum Gasteiger partial charge on any atom is 0.193 e. The van der Waals surface area contributed by atoms with Crippen molar-refractivity contribution >= 4 is 5.96 Å². The normalized spacial score (nSPS) is 22.6. The van der Waals surface area contributed by atoms with Gasteiger partial charge in [-0.25, -0.2) is 0 Å². The van der Waals surface area contributed by atoms with E-state index in [-0.39, 0.29) is 0 Å². The molecule has 3 heterocycles. The van der Waals surface area contributed by atoms with Gasteiger partial charge in [0.05, 0.1) is 5.69 Å². The van der Waals surface area contributed by atoms with Crippen LogP contribution in [0.3, 0.4) is 0 Å². The van der Waals surface area contributed by atoms with Crippen LogP contribution in [-0.2, 0) is 6.42 Å². The van der Waals surface area contributed by atoms with E-state index in [1.165, 1.54) is 50.9 Å². The highest BCUT2D eigenvalue weighted by molar-refractivity contribution is 5.80. The van der Waals surface area contributed by atoms with E-state index in [1.807, 2.05) is 20.9 Å². The molecule has 0 saturated carbocycles. The summed E-state index contributed by atoms with van der Waals surface area (Å²) < 4.78 is 5.24. The third kappa shape index (κ3) is 4.75. The molecule has 2 saturated heterocycles. The summed E-state index contributed by atoms with van der Waals surface area (Å²) in [5, 5.41) is 7.55. The van der Waals surface area contributed by atoms with Crippen LogP contribution in [0.1, 0.15) is 42.7 Å². The minimum atomic E-state index is 0.777. The fourth-order valence-corrected chi connectivity index (χ4v) is 4.17. The molecule has 0 bridgehead atoms. The van der Waals surface area contributed by atoms with Crippen molar-refractivity contribution in [3.8, 4) is 0 Å². The number of rotatable bonds is 5. The van der Waals surface area contributed by atoms with Crippen molar-refractivity contribution in [3.05, 3.63) is 17.0 Å². The Labute approximate surface area is 151 Å². The Bertz CT molecular complexity index is 557. The molecule has 0 amide bonds. The van der Waals surface area contributed by atoms with Gasteiger partial charge < -0.3 is 19.6 Å². The van der Waals surface area contributed by atoms with Gasteiger partial charge in [-0.15, -0.1) is 0 Å². The van der Waals surface area contributed by atoms with Crippen molar-refractivity contribution in [1.82, 2.24) is 20.3 Å². The third-order valence-corrected chi connectivity index (χ3v) is 5.60. The highest BCUT2D eigenvalue weighted by Gasteiger charge is 2.26. The number of hydrogen-bond donors (Lipinski definition) is 1. The molecule has 2 fully saturated rings. The van der Waals surface area contributed by atoms with Gasteiger partial charge in [-0.3, -0.25) is 4.99 Å². The summed E-state index contributed by atoms with van der Waals surface area (Å²) in [6.45, 7) is 10.9. The molecule has 2 aliphatic heterocycles. The first kappa shape index (κ1) is 18.2. The molecule has 1 unspecified atom stereocenters. The van der Waals surface area contributed by atoms with Gasteiger partial charge in [0.15, 0.2) is 5.96 Å². The fourth-order valence-electron chi connectivity index (χ4n) is 4.17. The largest absolute Gasteiger partial charge is 0.361 e. The van der Waals surface area contributed by atoms with Gasteiger partial charge >= 0.3 is 0 Å². The topological polar surface area (TPSA) is 56.9 Å². The van der Waals surface area contributed by atoms with Crippen LogP contribution in [0.4, 0.5) is 0 Å². The maximum atomic E-state index is 5.24. The standard InChI is InChI=1S/C19H33N5O/c1-15-18(16(2)25-22-15)7-9-21-19(20-3)24-12-8-17(14-24)13-23-10-5-4-6-11-23/h17H,4-14H2,1-3H3,(H,20,21). The van der Waals surface area contributed by atoms with Crippen LogP contribution in [-0.4, -0.2) is 67.2 Å². The zero-order chi connectivity index (χ0) is 17.6. The lowest BCUT2D eigenvalue weighted by atomic mass is 10.1. The van der Waals surface area contributed by atoms with E-state index in [9.17, 15) is 0 Å². The molecule has 1 N–H and O–H groups in total. The van der Waals surface area contributed by atoms with Crippen LogP contribution in [0.15, 0.2) is 9.52 Å². The zero-order valence-corrected chi connectivity index (χ0v) is 16.1. The van der Waals surface area contributed by atoms with Crippen molar-refractivity contribution in [2.24, 2.45) is 10.9 Å². The van der Waals surface area contributed by atoms with Gasteiger partial charge in [0.1, 0.15) is 5.76 Å². The van der Waals surface area contributed by atoms with Crippen LogP contribution < -0.4 is 5.32 Å². The molecule has 1 aromatic rings. The number of aromatic nitrogens is 1. The molecule has 6 heteroatoms. The van der Waals surface area contributed by atoms with Gasteiger partial charge in [0, 0.05) is 38.8 Å². The molecule has 1 atom stereocenters. The Morgan fingerprint density at radius 1 is 1.24 bits per heavy atom. The molecule has 0 aromatic carbocycles. The molecule has 0 spiro atoms. The Kier molecular flexibility index (Phi) is 6.34. The molecule has 1 aromatic heterocycles. The molecule has 25 heavy (non-hydrogen) atoms. The molecular weight excluding hydrogens is 314 g/mol. The van der Waals surface area contributed by atoms with Crippen LogP contribution >= 0.6 is 0 Å². The van der Waals surface area contributed by atoms with E-state index >= 15 is 0 Å². The predicted octanol–water partition coefficient (Wildman–Crippen LogP) is 2.22. The van der Waals surface area contributed by atoms with E-state index in [2.05, 4.69) is 25.3 Å². The second kappa shape index (κ2) is 8.70. The summed E-state index contributed by atoms with van der Waals surface area (Å²) >= 11 is 0. The van der Waals surface area contributed by atoms with Crippen LogP contribution in [0.25, 0.3) is 0 Å². The van der Waals surface area contributed by atoms with Gasteiger partial charge in [-0.1, -0.05) is 11.6 Å². The average Bonchev–Trinajstić information content (AvgIpc) is 3.20. The van der Waals surface area contributed by atoms with Gasteiger partial charge in [0.2, 0.25) is 0 Å². The number of nitrogens with zero attached hydrogens (tertiary/aromatic N) is 4. The van der Waals surface area contributed by atoms with E-state index in [4.69, 9.17) is 4.52 Å². The molecule has 0 aliphatic carbocycles. The van der Waals surface area contributed by atoms with E-state index in [0.717, 1.165) is 49.4 Å². The summed E-state index contributed by atoms with van der Waals surface area (Å²) in [6, 6.07) is 0. The highest BCUT2D eigenvalue weighted by Crippen LogP contribution is 2.20. The van der Waals surface area contributed by atoms with E-state index in [1.54, 1.807) is 0 Å². The first-order valence-electron chi connectivity index (χ1n) is 9.77. The summed E-state index contributed by atoms with van der Waals surface area (Å²) in [6.07, 6.45) is 6.37.